The van der Waals surface area contributed by atoms with Crippen molar-refractivity contribution >= 4 is 46.3 Å². The van der Waals surface area contributed by atoms with E-state index in [-0.39, 0.29) is 18.0 Å². The number of piperazine rings is 1. The van der Waals surface area contributed by atoms with Gasteiger partial charge in [0.05, 0.1) is 17.4 Å². The molecule has 1 saturated heterocycles. The molecule has 4 aromatic rings. The Morgan fingerprint density at radius 3 is 2.38 bits per heavy atom. The number of halogens is 1. The van der Waals surface area contributed by atoms with Crippen LogP contribution in [0.3, 0.4) is 0 Å². The van der Waals surface area contributed by atoms with Crippen LogP contribution in [0.5, 0.6) is 0 Å². The van der Waals surface area contributed by atoms with Crippen molar-refractivity contribution < 1.29 is 4.79 Å². The number of fused-ring (bicyclic) bond motifs is 1. The number of para-hydroxylation sites is 1. The van der Waals surface area contributed by atoms with Crippen LogP contribution in [0.1, 0.15) is 15.9 Å². The third-order valence-corrected chi connectivity index (χ3v) is 6.89. The maximum atomic E-state index is 13.2. The molecular formula is C26H23ClN4O2S. The van der Waals surface area contributed by atoms with E-state index in [1.54, 1.807) is 24.3 Å². The first-order valence-electron chi connectivity index (χ1n) is 11.1. The maximum absolute atomic E-state index is 13.2. The predicted octanol–water partition coefficient (Wildman–Crippen LogP) is 4.72. The lowest BCUT2D eigenvalue weighted by molar-refractivity contribution is 0.0747. The van der Waals surface area contributed by atoms with Gasteiger partial charge in [0, 0.05) is 42.5 Å². The summed E-state index contributed by atoms with van der Waals surface area (Å²) in [5, 5.41) is 1.06. The number of rotatable bonds is 4. The fourth-order valence-corrected chi connectivity index (χ4v) is 4.77. The lowest BCUT2D eigenvalue weighted by Gasteiger charge is -2.36. The van der Waals surface area contributed by atoms with Crippen LogP contribution >= 0.6 is 23.8 Å². The van der Waals surface area contributed by atoms with E-state index >= 15 is 0 Å². The number of H-pyrrole nitrogens is 1. The van der Waals surface area contributed by atoms with E-state index in [1.807, 2.05) is 41.3 Å². The monoisotopic (exact) mass is 490 g/mol. The minimum atomic E-state index is -0.214. The largest absolute Gasteiger partial charge is 0.368 e. The maximum Gasteiger partial charge on any atom is 0.262 e. The summed E-state index contributed by atoms with van der Waals surface area (Å²) in [5.41, 5.74) is 2.86. The smallest absolute Gasteiger partial charge is 0.262 e. The number of hydrogen-bond donors (Lipinski definition) is 1. The summed E-state index contributed by atoms with van der Waals surface area (Å²) in [6.45, 7) is 3.11. The van der Waals surface area contributed by atoms with Gasteiger partial charge < -0.3 is 14.8 Å². The summed E-state index contributed by atoms with van der Waals surface area (Å²) in [4.78, 5) is 33.6. The van der Waals surface area contributed by atoms with Crippen molar-refractivity contribution in [3.63, 3.8) is 0 Å². The Morgan fingerprint density at radius 2 is 1.65 bits per heavy atom. The molecule has 0 unspecified atom stereocenters. The van der Waals surface area contributed by atoms with E-state index in [9.17, 15) is 9.59 Å². The third-order valence-electron chi connectivity index (χ3n) is 6.20. The fraction of sp³-hybridized carbons (Fsp3) is 0.192. The van der Waals surface area contributed by atoms with Gasteiger partial charge in [0.2, 0.25) is 0 Å². The van der Waals surface area contributed by atoms with Crippen molar-refractivity contribution in [3.8, 4) is 0 Å². The molecule has 0 bridgehead atoms. The zero-order valence-electron chi connectivity index (χ0n) is 18.4. The molecule has 5 rings (SSSR count). The Kier molecular flexibility index (Phi) is 6.22. The summed E-state index contributed by atoms with van der Waals surface area (Å²) in [5.74, 6) is -0.0471. The predicted molar refractivity (Wildman–Crippen MR) is 139 cm³/mol. The van der Waals surface area contributed by atoms with E-state index in [2.05, 4.69) is 22.0 Å². The molecule has 1 aliphatic rings. The summed E-state index contributed by atoms with van der Waals surface area (Å²) in [7, 11) is 0. The number of nitrogens with one attached hydrogen (secondary N) is 1. The van der Waals surface area contributed by atoms with Gasteiger partial charge in [-0.25, -0.2) is 0 Å². The summed E-state index contributed by atoms with van der Waals surface area (Å²) in [6, 6.07) is 22.7. The summed E-state index contributed by atoms with van der Waals surface area (Å²) in [6.07, 6.45) is 0. The average Bonchev–Trinajstić information content (AvgIpc) is 2.87. The van der Waals surface area contributed by atoms with Gasteiger partial charge in [-0.15, -0.1) is 0 Å². The summed E-state index contributed by atoms with van der Waals surface area (Å²) >= 11 is 11.7. The molecule has 1 N–H and O–H groups in total. The van der Waals surface area contributed by atoms with Gasteiger partial charge in [0.15, 0.2) is 4.77 Å². The van der Waals surface area contributed by atoms with E-state index in [0.717, 1.165) is 18.7 Å². The molecule has 0 radical (unpaired) electrons. The lowest BCUT2D eigenvalue weighted by Crippen LogP contribution is -2.48. The first kappa shape index (κ1) is 22.4. The van der Waals surface area contributed by atoms with Gasteiger partial charge in [-0.3, -0.25) is 14.2 Å². The van der Waals surface area contributed by atoms with Crippen LogP contribution in [0.15, 0.2) is 77.6 Å². The topological polar surface area (TPSA) is 61.3 Å². The molecule has 1 aliphatic heterocycles. The molecule has 0 atom stereocenters. The van der Waals surface area contributed by atoms with Crippen LogP contribution < -0.4 is 10.5 Å². The highest BCUT2D eigenvalue weighted by atomic mass is 35.5. The molecule has 1 amide bonds. The number of carbonyl (C=O) groups is 1. The van der Waals surface area contributed by atoms with Crippen molar-refractivity contribution in [2.75, 3.05) is 31.1 Å². The second-order valence-electron chi connectivity index (χ2n) is 8.29. The van der Waals surface area contributed by atoms with Crippen LogP contribution in [0.2, 0.25) is 5.02 Å². The van der Waals surface area contributed by atoms with Crippen LogP contribution in [0.4, 0.5) is 5.69 Å². The highest BCUT2D eigenvalue weighted by Gasteiger charge is 2.23. The minimum Gasteiger partial charge on any atom is -0.368 e. The Hall–Kier alpha value is -3.42. The molecule has 172 valence electrons. The van der Waals surface area contributed by atoms with Gasteiger partial charge in [-0.1, -0.05) is 48.0 Å². The lowest BCUT2D eigenvalue weighted by atomic mass is 10.1. The zero-order chi connectivity index (χ0) is 23.7. The standard InChI is InChI=1S/C26H23ClN4O2S/c27-22-9-5-4-6-19(22)17-31-25(33)21-11-10-18(16-23(21)28-26(31)34)24(32)30-14-12-29(13-15-30)20-7-2-1-3-8-20/h1-11,16H,12-15,17H2,(H,28,34). The molecule has 0 spiro atoms. The minimum absolute atomic E-state index is 0.0471. The average molecular weight is 491 g/mol. The number of amides is 1. The number of benzene rings is 3. The highest BCUT2D eigenvalue weighted by molar-refractivity contribution is 7.71. The van der Waals surface area contributed by atoms with Gasteiger partial charge in [-0.2, -0.15) is 0 Å². The molecule has 2 heterocycles. The summed E-state index contributed by atoms with van der Waals surface area (Å²) < 4.78 is 1.78. The molecular weight excluding hydrogens is 468 g/mol. The van der Waals surface area contributed by atoms with Crippen LogP contribution in [-0.4, -0.2) is 46.5 Å². The number of aromatic nitrogens is 2. The molecule has 0 saturated carbocycles. The quantitative estimate of drug-likeness (QED) is 0.420. The Labute approximate surface area is 207 Å². The first-order chi connectivity index (χ1) is 16.5. The first-order valence-corrected chi connectivity index (χ1v) is 11.9. The fourth-order valence-electron chi connectivity index (χ4n) is 4.32. The Bertz CT molecular complexity index is 1470. The number of aromatic amines is 1. The normalized spacial score (nSPS) is 13.9. The van der Waals surface area contributed by atoms with Gasteiger partial charge in [0.25, 0.3) is 11.5 Å². The van der Waals surface area contributed by atoms with Gasteiger partial charge in [-0.05, 0) is 54.2 Å². The van der Waals surface area contributed by atoms with Crippen molar-refractivity contribution in [3.05, 3.63) is 104 Å². The van der Waals surface area contributed by atoms with E-state index < -0.39 is 0 Å². The van der Waals surface area contributed by atoms with Crippen molar-refractivity contribution in [1.29, 1.82) is 0 Å². The number of carbonyl (C=O) groups excluding carboxylic acids is 1. The molecule has 0 aliphatic carbocycles. The molecule has 1 aromatic heterocycles. The van der Waals surface area contributed by atoms with E-state index in [4.69, 9.17) is 23.8 Å². The van der Waals surface area contributed by atoms with Crippen LogP contribution in [0, 0.1) is 4.77 Å². The highest BCUT2D eigenvalue weighted by Crippen LogP contribution is 2.19. The third kappa shape index (κ3) is 4.36. The van der Waals surface area contributed by atoms with E-state index in [0.29, 0.717) is 39.3 Å². The SMILES string of the molecule is O=C(c1ccc2c(=O)n(Cc3ccccc3Cl)c(=S)[nH]c2c1)N1CCN(c2ccccc2)CC1. The van der Waals surface area contributed by atoms with Crippen LogP contribution in [0.25, 0.3) is 10.9 Å². The number of hydrogen-bond acceptors (Lipinski definition) is 4. The Balaban J connectivity index is 1.37. The Morgan fingerprint density at radius 1 is 0.941 bits per heavy atom. The van der Waals surface area contributed by atoms with Crippen molar-refractivity contribution in [2.45, 2.75) is 6.54 Å². The molecule has 1 fully saturated rings. The van der Waals surface area contributed by atoms with Crippen molar-refractivity contribution in [2.24, 2.45) is 0 Å². The second kappa shape index (κ2) is 9.44. The molecule has 6 nitrogen and oxygen atoms in total. The molecule has 3 aromatic carbocycles. The zero-order valence-corrected chi connectivity index (χ0v) is 20.0. The number of anilines is 1. The second-order valence-corrected chi connectivity index (χ2v) is 9.08. The number of nitrogens with zero attached hydrogens (tertiary/aromatic N) is 3. The van der Waals surface area contributed by atoms with Crippen LogP contribution in [-0.2, 0) is 6.54 Å². The van der Waals surface area contributed by atoms with Gasteiger partial charge >= 0.3 is 0 Å². The van der Waals surface area contributed by atoms with Gasteiger partial charge in [0.1, 0.15) is 0 Å². The van der Waals surface area contributed by atoms with Crippen molar-refractivity contribution in [1.82, 2.24) is 14.5 Å². The molecule has 8 heteroatoms. The molecule has 34 heavy (non-hydrogen) atoms. The van der Waals surface area contributed by atoms with E-state index in [1.165, 1.54) is 10.3 Å².